The largest absolute Gasteiger partial charge is 0.481 e. The number of rotatable bonds is 13. The number of carboxylic acid groups (broad SMARTS) is 1. The lowest BCUT2D eigenvalue weighted by Crippen LogP contribution is -2.34. The van der Waals surface area contributed by atoms with E-state index in [0.29, 0.717) is 45.4 Å². The molecule has 5 rings (SSSR count). The number of halogens is 1. The van der Waals surface area contributed by atoms with E-state index in [-0.39, 0.29) is 12.2 Å². The van der Waals surface area contributed by atoms with E-state index in [1.165, 1.54) is 11.1 Å². The van der Waals surface area contributed by atoms with Gasteiger partial charge < -0.3 is 9.67 Å². The van der Waals surface area contributed by atoms with Crippen LogP contribution in [0.15, 0.2) is 97.2 Å². The van der Waals surface area contributed by atoms with Crippen LogP contribution < -0.4 is 4.48 Å². The van der Waals surface area contributed by atoms with Gasteiger partial charge in [0.2, 0.25) is 0 Å². The molecule has 1 N–H and O–H groups in total. The number of aryl methyl sites for hydroxylation is 1. The fourth-order valence-corrected chi connectivity index (χ4v) is 6.54. The Hall–Kier alpha value is -4.19. The fourth-order valence-electron chi connectivity index (χ4n) is 6.37. The van der Waals surface area contributed by atoms with Crippen LogP contribution in [0.3, 0.4) is 0 Å². The first-order chi connectivity index (χ1) is 21.9. The van der Waals surface area contributed by atoms with Crippen molar-refractivity contribution in [1.82, 2.24) is 9.05 Å². The minimum Gasteiger partial charge on any atom is -0.481 e. The van der Waals surface area contributed by atoms with Gasteiger partial charge in [-0.15, -0.1) is 0 Å². The summed E-state index contributed by atoms with van der Waals surface area (Å²) in [5.41, 5.74) is 7.79. The molecule has 6 heteroatoms. The third-order valence-electron chi connectivity index (χ3n) is 8.70. The molecule has 0 aliphatic rings. The third kappa shape index (κ3) is 7.27. The quantitative estimate of drug-likeness (QED) is 0.103. The third-order valence-corrected chi connectivity index (χ3v) is 8.93. The number of nitrogens with zero attached hydrogens (tertiary/aromatic N) is 2. The SMILES string of the molecule is CC(C)Cc1ccc([N+](C)(c2ccc(CC(C)C)cc2)c2cccc(C(=O)c3cn(CCCC(=O)O)c4ccc(Cl)cc34)c2)cc1. The molecule has 238 valence electrons. The number of benzene rings is 4. The Bertz CT molecular complexity index is 1780. The second-order valence-electron chi connectivity index (χ2n) is 13.3. The predicted octanol–water partition coefficient (Wildman–Crippen LogP) is 10.4. The van der Waals surface area contributed by atoms with Gasteiger partial charge in [0.25, 0.3) is 0 Å². The number of fused-ring (bicyclic) bond motifs is 1. The van der Waals surface area contributed by atoms with Crippen molar-refractivity contribution >= 4 is 51.3 Å². The lowest BCUT2D eigenvalue weighted by molar-refractivity contribution is -0.137. The summed E-state index contributed by atoms with van der Waals surface area (Å²) in [6.07, 6.45) is 4.41. The normalized spacial score (nSPS) is 11.9. The molecule has 46 heavy (non-hydrogen) atoms. The molecule has 0 atom stereocenters. The fraction of sp³-hybridized carbons (Fsp3) is 0.300. The second kappa shape index (κ2) is 14.1. The Kier molecular flexibility index (Phi) is 10.1. The van der Waals surface area contributed by atoms with Gasteiger partial charge in [-0.2, -0.15) is 0 Å². The summed E-state index contributed by atoms with van der Waals surface area (Å²) in [7, 11) is 2.19. The van der Waals surface area contributed by atoms with Crippen LogP contribution in [0.25, 0.3) is 10.9 Å². The monoisotopic (exact) mass is 635 g/mol. The maximum Gasteiger partial charge on any atom is 0.303 e. The van der Waals surface area contributed by atoms with Gasteiger partial charge in [0.1, 0.15) is 17.1 Å². The van der Waals surface area contributed by atoms with Crippen molar-refractivity contribution in [2.24, 2.45) is 11.8 Å². The number of hydrogen-bond acceptors (Lipinski definition) is 2. The predicted molar refractivity (Wildman–Crippen MR) is 191 cm³/mol. The zero-order valence-electron chi connectivity index (χ0n) is 27.5. The summed E-state index contributed by atoms with van der Waals surface area (Å²) in [5.74, 6) is 0.206. The van der Waals surface area contributed by atoms with Crippen molar-refractivity contribution in [3.05, 3.63) is 124 Å². The van der Waals surface area contributed by atoms with Crippen LogP contribution in [0.2, 0.25) is 5.02 Å². The highest BCUT2D eigenvalue weighted by Gasteiger charge is 2.32. The summed E-state index contributed by atoms with van der Waals surface area (Å²) < 4.78 is 2.36. The van der Waals surface area contributed by atoms with Gasteiger partial charge in [-0.25, -0.2) is 4.48 Å². The van der Waals surface area contributed by atoms with Gasteiger partial charge in [0.15, 0.2) is 5.78 Å². The highest BCUT2D eigenvalue weighted by atomic mass is 35.5. The summed E-state index contributed by atoms with van der Waals surface area (Å²) >= 11 is 6.39. The lowest BCUT2D eigenvalue weighted by atomic mass is 9.99. The zero-order valence-corrected chi connectivity index (χ0v) is 28.2. The van der Waals surface area contributed by atoms with Crippen LogP contribution in [-0.4, -0.2) is 28.5 Å². The summed E-state index contributed by atoms with van der Waals surface area (Å²) in [6, 6.07) is 31.1. The van der Waals surface area contributed by atoms with Crippen LogP contribution in [0.1, 0.15) is 67.6 Å². The van der Waals surface area contributed by atoms with E-state index in [2.05, 4.69) is 89.3 Å². The first-order valence-corrected chi connectivity index (χ1v) is 16.5. The van der Waals surface area contributed by atoms with Crippen molar-refractivity contribution in [2.45, 2.75) is 59.9 Å². The molecule has 1 heterocycles. The average molecular weight is 636 g/mol. The molecule has 0 saturated carbocycles. The Morgan fingerprint density at radius 1 is 0.783 bits per heavy atom. The molecule has 0 aliphatic carbocycles. The number of quaternary nitrogens is 1. The molecule has 1 aromatic heterocycles. The molecule has 4 aromatic carbocycles. The zero-order chi connectivity index (χ0) is 33.0. The van der Waals surface area contributed by atoms with Crippen LogP contribution in [-0.2, 0) is 24.2 Å². The molecule has 5 nitrogen and oxygen atoms in total. The summed E-state index contributed by atoms with van der Waals surface area (Å²) in [5, 5.41) is 10.5. The molecular weight excluding hydrogens is 592 g/mol. The minimum absolute atomic E-state index is 0.0615. The topological polar surface area (TPSA) is 59.3 Å². The Labute approximate surface area is 277 Å². The Morgan fingerprint density at radius 2 is 1.37 bits per heavy atom. The van der Waals surface area contributed by atoms with Gasteiger partial charge in [-0.05, 0) is 60.4 Å². The summed E-state index contributed by atoms with van der Waals surface area (Å²) in [4.78, 5) is 25.4. The van der Waals surface area contributed by atoms with E-state index >= 15 is 0 Å². The number of carbonyl (C=O) groups excluding carboxylic acids is 1. The maximum absolute atomic E-state index is 14.3. The number of carbonyl (C=O) groups is 2. The second-order valence-corrected chi connectivity index (χ2v) is 13.7. The van der Waals surface area contributed by atoms with Gasteiger partial charge in [-0.1, -0.05) is 75.7 Å². The van der Waals surface area contributed by atoms with E-state index in [4.69, 9.17) is 16.7 Å². The number of carboxylic acids is 1. The molecule has 0 amide bonds. The minimum atomic E-state index is -0.835. The molecule has 0 radical (unpaired) electrons. The van der Waals surface area contributed by atoms with Crippen molar-refractivity contribution < 1.29 is 14.7 Å². The van der Waals surface area contributed by atoms with Crippen molar-refractivity contribution in [3.8, 4) is 0 Å². The van der Waals surface area contributed by atoms with Crippen LogP contribution in [0.5, 0.6) is 0 Å². The van der Waals surface area contributed by atoms with E-state index < -0.39 is 5.97 Å². The van der Waals surface area contributed by atoms with Gasteiger partial charge in [0, 0.05) is 82.6 Å². The van der Waals surface area contributed by atoms with Gasteiger partial charge >= 0.3 is 5.97 Å². The van der Waals surface area contributed by atoms with Crippen LogP contribution >= 0.6 is 11.6 Å². The first kappa shape index (κ1) is 33.2. The van der Waals surface area contributed by atoms with E-state index in [9.17, 15) is 9.59 Å². The molecule has 0 spiro atoms. The molecule has 0 saturated heterocycles. The highest BCUT2D eigenvalue weighted by Crippen LogP contribution is 2.43. The Balaban J connectivity index is 1.58. The number of ketones is 1. The van der Waals surface area contributed by atoms with Gasteiger partial charge in [0.05, 0.1) is 7.05 Å². The highest BCUT2D eigenvalue weighted by molar-refractivity contribution is 6.31. The van der Waals surface area contributed by atoms with Gasteiger partial charge in [-0.3, -0.25) is 9.59 Å². The van der Waals surface area contributed by atoms with Crippen LogP contribution in [0, 0.1) is 11.8 Å². The average Bonchev–Trinajstić information content (AvgIpc) is 3.37. The first-order valence-electron chi connectivity index (χ1n) is 16.2. The van der Waals surface area contributed by atoms with Crippen molar-refractivity contribution in [3.63, 3.8) is 0 Å². The molecule has 0 aliphatic heterocycles. The van der Waals surface area contributed by atoms with E-state index in [1.54, 1.807) is 6.07 Å². The van der Waals surface area contributed by atoms with E-state index in [0.717, 1.165) is 40.8 Å². The number of aromatic nitrogens is 1. The molecule has 5 aromatic rings. The van der Waals surface area contributed by atoms with Crippen LogP contribution in [0.4, 0.5) is 17.1 Å². The maximum atomic E-state index is 14.3. The molecule has 0 fully saturated rings. The van der Waals surface area contributed by atoms with Crippen molar-refractivity contribution in [2.75, 3.05) is 7.05 Å². The summed E-state index contributed by atoms with van der Waals surface area (Å²) in [6.45, 7) is 9.42. The van der Waals surface area contributed by atoms with Crippen molar-refractivity contribution in [1.29, 1.82) is 0 Å². The lowest BCUT2D eigenvalue weighted by Gasteiger charge is -2.34. The molecule has 0 bridgehead atoms. The molecule has 0 unspecified atom stereocenters. The standard InChI is InChI=1S/C40H43ClN2O3/c1-27(2)22-29-11-16-33(17-12-29)43(5,34-18-13-30(14-19-34)23-28(3)4)35-9-6-8-31(24-35)40(46)37-26-42(21-7-10-39(44)45)38-20-15-32(41)25-36(37)38/h6,8-9,11-20,24-28H,7,10,21-23H2,1-5H3/p+1. The smallest absolute Gasteiger partial charge is 0.303 e. The molecular formula is C40H44ClN2O3+. The Morgan fingerprint density at radius 3 is 1.91 bits per heavy atom. The number of hydrogen-bond donors (Lipinski definition) is 1. The number of aliphatic carboxylic acids is 1. The van der Waals surface area contributed by atoms with E-state index in [1.807, 2.05) is 41.1 Å².